The average molecular weight is 407 g/mol. The summed E-state index contributed by atoms with van der Waals surface area (Å²) in [4.78, 5) is 34.1. The molecule has 0 aliphatic heterocycles. The fourth-order valence-electron chi connectivity index (χ4n) is 2.11. The molecule has 0 spiro atoms. The summed E-state index contributed by atoms with van der Waals surface area (Å²) in [6.45, 7) is 1.13. The van der Waals surface area contributed by atoms with Gasteiger partial charge < -0.3 is 10.1 Å². The molecule has 130 valence electrons. The third-order valence-corrected chi connectivity index (χ3v) is 3.87. The van der Waals surface area contributed by atoms with Gasteiger partial charge in [0.05, 0.1) is 11.3 Å². The fraction of sp³-hybridized carbons (Fsp3) is 0.176. The van der Waals surface area contributed by atoms with Crippen LogP contribution in [0.1, 0.15) is 11.1 Å². The van der Waals surface area contributed by atoms with Crippen LogP contribution in [0.5, 0.6) is 0 Å². The van der Waals surface area contributed by atoms with E-state index in [0.29, 0.717) is 5.56 Å². The molecular formula is C17H15BrN2O5. The Hall–Kier alpha value is -2.74. The highest BCUT2D eigenvalue weighted by molar-refractivity contribution is 9.10. The van der Waals surface area contributed by atoms with E-state index in [2.05, 4.69) is 21.2 Å². The highest BCUT2D eigenvalue weighted by Gasteiger charge is 2.18. The lowest BCUT2D eigenvalue weighted by molar-refractivity contribution is -0.384. The molecular weight excluding hydrogens is 392 g/mol. The van der Waals surface area contributed by atoms with Gasteiger partial charge >= 0.3 is 5.97 Å². The van der Waals surface area contributed by atoms with Crippen molar-refractivity contribution >= 4 is 39.2 Å². The lowest BCUT2D eigenvalue weighted by Gasteiger charge is -2.09. The van der Waals surface area contributed by atoms with Gasteiger partial charge in [-0.15, -0.1) is 0 Å². The molecule has 0 saturated heterocycles. The van der Waals surface area contributed by atoms with Gasteiger partial charge in [-0.1, -0.05) is 40.2 Å². The SMILES string of the molecule is Cc1cccc([N+](=O)[O-])c1NC(=O)COC(=O)Cc1ccc(Br)cc1. The Labute approximate surface area is 152 Å². The molecule has 0 heterocycles. The first-order chi connectivity index (χ1) is 11.9. The van der Waals surface area contributed by atoms with Gasteiger partial charge in [0.25, 0.3) is 11.6 Å². The first-order valence-electron chi connectivity index (χ1n) is 7.30. The molecule has 0 aliphatic carbocycles. The van der Waals surface area contributed by atoms with Gasteiger partial charge in [-0.3, -0.25) is 19.7 Å². The number of nitrogens with one attached hydrogen (secondary N) is 1. The van der Waals surface area contributed by atoms with Crippen molar-refractivity contribution < 1.29 is 19.2 Å². The number of para-hydroxylation sites is 1. The minimum Gasteiger partial charge on any atom is -0.455 e. The lowest BCUT2D eigenvalue weighted by Crippen LogP contribution is -2.22. The molecule has 1 N–H and O–H groups in total. The van der Waals surface area contributed by atoms with Gasteiger partial charge in [-0.2, -0.15) is 0 Å². The normalized spacial score (nSPS) is 10.2. The van der Waals surface area contributed by atoms with Crippen LogP contribution >= 0.6 is 15.9 Å². The van der Waals surface area contributed by atoms with Gasteiger partial charge in [0.15, 0.2) is 6.61 Å². The highest BCUT2D eigenvalue weighted by Crippen LogP contribution is 2.27. The number of rotatable bonds is 6. The van der Waals surface area contributed by atoms with Crippen molar-refractivity contribution in [2.75, 3.05) is 11.9 Å². The van der Waals surface area contributed by atoms with Crippen LogP contribution < -0.4 is 5.32 Å². The quantitative estimate of drug-likeness (QED) is 0.450. The van der Waals surface area contributed by atoms with Crippen LogP contribution in [0.25, 0.3) is 0 Å². The maximum atomic E-state index is 11.9. The largest absolute Gasteiger partial charge is 0.455 e. The summed E-state index contributed by atoms with van der Waals surface area (Å²) in [6, 6.07) is 11.6. The van der Waals surface area contributed by atoms with Crippen LogP contribution in [0, 0.1) is 17.0 Å². The van der Waals surface area contributed by atoms with Crippen molar-refractivity contribution in [3.63, 3.8) is 0 Å². The second kappa shape index (κ2) is 8.39. The summed E-state index contributed by atoms with van der Waals surface area (Å²) in [5.74, 6) is -1.20. The molecule has 0 aromatic heterocycles. The van der Waals surface area contributed by atoms with E-state index in [1.54, 1.807) is 37.3 Å². The topological polar surface area (TPSA) is 98.5 Å². The van der Waals surface area contributed by atoms with E-state index < -0.39 is 23.4 Å². The number of ether oxygens (including phenoxy) is 1. The molecule has 0 saturated carbocycles. The number of amides is 1. The van der Waals surface area contributed by atoms with Gasteiger partial charge in [0.2, 0.25) is 0 Å². The minimum absolute atomic E-state index is 0.0328. The van der Waals surface area contributed by atoms with Crippen molar-refractivity contribution in [1.29, 1.82) is 0 Å². The second-order valence-corrected chi connectivity index (χ2v) is 6.15. The standard InChI is InChI=1S/C17H15BrN2O5/c1-11-3-2-4-14(20(23)24)17(11)19-15(21)10-25-16(22)9-12-5-7-13(18)8-6-12/h2-8H,9-10H2,1H3,(H,19,21). The van der Waals surface area contributed by atoms with E-state index in [9.17, 15) is 19.7 Å². The number of halogens is 1. The molecule has 0 bridgehead atoms. The molecule has 0 aliphatic rings. The van der Waals surface area contributed by atoms with E-state index in [-0.39, 0.29) is 17.8 Å². The Morgan fingerprint density at radius 1 is 1.20 bits per heavy atom. The highest BCUT2D eigenvalue weighted by atomic mass is 79.9. The first kappa shape index (κ1) is 18.6. The Kier molecular flexibility index (Phi) is 6.24. The molecule has 2 rings (SSSR count). The fourth-order valence-corrected chi connectivity index (χ4v) is 2.37. The number of carbonyl (C=O) groups is 2. The van der Waals surface area contributed by atoms with E-state index in [1.165, 1.54) is 12.1 Å². The summed E-state index contributed by atoms with van der Waals surface area (Å²) in [5.41, 5.74) is 1.18. The number of hydrogen-bond acceptors (Lipinski definition) is 5. The van der Waals surface area contributed by atoms with Crippen molar-refractivity contribution in [1.82, 2.24) is 0 Å². The number of carbonyl (C=O) groups excluding carboxylic acids is 2. The molecule has 8 heteroatoms. The van der Waals surface area contributed by atoms with Crippen molar-refractivity contribution in [2.24, 2.45) is 0 Å². The number of nitrogens with zero attached hydrogens (tertiary/aromatic N) is 1. The monoisotopic (exact) mass is 406 g/mol. The second-order valence-electron chi connectivity index (χ2n) is 5.24. The zero-order valence-corrected chi connectivity index (χ0v) is 14.9. The number of aryl methyl sites for hydroxylation is 1. The van der Waals surface area contributed by atoms with E-state index >= 15 is 0 Å². The van der Waals surface area contributed by atoms with Gasteiger partial charge in [0.1, 0.15) is 5.69 Å². The van der Waals surface area contributed by atoms with Crippen LogP contribution in [0.15, 0.2) is 46.9 Å². The molecule has 25 heavy (non-hydrogen) atoms. The lowest BCUT2D eigenvalue weighted by atomic mass is 10.1. The summed E-state index contributed by atoms with van der Waals surface area (Å²) in [7, 11) is 0. The predicted molar refractivity (Wildman–Crippen MR) is 95.3 cm³/mol. The third kappa shape index (κ3) is 5.39. The molecule has 0 unspecified atom stereocenters. The van der Waals surface area contributed by atoms with E-state index in [1.807, 2.05) is 0 Å². The van der Waals surface area contributed by atoms with Crippen LogP contribution in [-0.2, 0) is 20.7 Å². The molecule has 0 fully saturated rings. The molecule has 1 amide bonds. The summed E-state index contributed by atoms with van der Waals surface area (Å²) in [5, 5.41) is 13.4. The number of benzene rings is 2. The Morgan fingerprint density at radius 3 is 2.52 bits per heavy atom. The zero-order chi connectivity index (χ0) is 18.4. The molecule has 7 nitrogen and oxygen atoms in total. The van der Waals surface area contributed by atoms with Crippen molar-refractivity contribution in [2.45, 2.75) is 13.3 Å². The van der Waals surface area contributed by atoms with Gasteiger partial charge in [-0.05, 0) is 30.2 Å². The average Bonchev–Trinajstić information content (AvgIpc) is 2.56. The number of nitro benzene ring substituents is 1. The summed E-state index contributed by atoms with van der Waals surface area (Å²) < 4.78 is 5.81. The van der Waals surface area contributed by atoms with E-state index in [4.69, 9.17) is 4.74 Å². The van der Waals surface area contributed by atoms with Crippen molar-refractivity contribution in [3.05, 3.63) is 68.2 Å². The molecule has 2 aromatic carbocycles. The van der Waals surface area contributed by atoms with Gasteiger partial charge in [0, 0.05) is 10.5 Å². The van der Waals surface area contributed by atoms with Crippen LogP contribution in [0.3, 0.4) is 0 Å². The number of anilines is 1. The van der Waals surface area contributed by atoms with Gasteiger partial charge in [-0.25, -0.2) is 0 Å². The maximum absolute atomic E-state index is 11.9. The Bertz CT molecular complexity index is 805. The Morgan fingerprint density at radius 2 is 1.88 bits per heavy atom. The zero-order valence-electron chi connectivity index (χ0n) is 13.3. The molecule has 2 aromatic rings. The molecule has 0 atom stereocenters. The summed E-state index contributed by atoms with van der Waals surface area (Å²) in [6.07, 6.45) is 0.0328. The number of esters is 1. The summed E-state index contributed by atoms with van der Waals surface area (Å²) >= 11 is 3.30. The number of hydrogen-bond donors (Lipinski definition) is 1. The Balaban J connectivity index is 1.92. The van der Waals surface area contributed by atoms with Crippen molar-refractivity contribution in [3.8, 4) is 0 Å². The molecule has 0 radical (unpaired) electrons. The van der Waals surface area contributed by atoms with Crippen LogP contribution in [-0.4, -0.2) is 23.4 Å². The predicted octanol–water partition coefficient (Wildman–Crippen LogP) is 3.39. The van der Waals surface area contributed by atoms with E-state index in [0.717, 1.165) is 10.0 Å². The maximum Gasteiger partial charge on any atom is 0.310 e. The smallest absolute Gasteiger partial charge is 0.310 e. The minimum atomic E-state index is -0.637. The van der Waals surface area contributed by atoms with Crippen LogP contribution in [0.2, 0.25) is 0 Å². The van der Waals surface area contributed by atoms with Crippen LogP contribution in [0.4, 0.5) is 11.4 Å². The first-order valence-corrected chi connectivity index (χ1v) is 8.10. The third-order valence-electron chi connectivity index (χ3n) is 3.34. The number of nitro groups is 1.